The molecule has 1 saturated heterocycles. The van der Waals surface area contributed by atoms with Crippen molar-refractivity contribution in [3.8, 4) is 11.5 Å². The van der Waals surface area contributed by atoms with Crippen molar-refractivity contribution in [1.29, 1.82) is 0 Å². The summed E-state index contributed by atoms with van der Waals surface area (Å²) in [5.74, 6) is 4.07. The smallest absolute Gasteiger partial charge is 0.230 e. The van der Waals surface area contributed by atoms with Gasteiger partial charge in [0.05, 0.1) is 14.2 Å². The number of likely N-dealkylation sites (tertiary alicyclic amines) is 1. The van der Waals surface area contributed by atoms with E-state index in [1.165, 1.54) is 28.7 Å². The number of benzene rings is 1. The lowest BCUT2D eigenvalue weighted by Crippen LogP contribution is -2.46. The number of ether oxygens (including phenoxy) is 4. The Bertz CT molecular complexity index is 810. The SMILES string of the molecule is COc1cc2c(cc1OC)C1=C3[C@H](CCN(C)[C@H]3C2)CC2=C1OCO2. The predicted octanol–water partition coefficient (Wildman–Crippen LogP) is 2.95. The number of hydrogen-bond acceptors (Lipinski definition) is 5. The van der Waals surface area contributed by atoms with Gasteiger partial charge in [0.1, 0.15) is 5.76 Å². The molecule has 5 nitrogen and oxygen atoms in total. The maximum atomic E-state index is 5.92. The molecule has 5 rings (SSSR count). The molecule has 5 heteroatoms. The summed E-state index contributed by atoms with van der Waals surface area (Å²) in [6, 6.07) is 4.66. The van der Waals surface area contributed by atoms with Crippen LogP contribution in [0.15, 0.2) is 29.2 Å². The largest absolute Gasteiger partial charge is 0.493 e. The number of fused-ring (bicyclic) bond motifs is 3. The van der Waals surface area contributed by atoms with Crippen LogP contribution in [0.1, 0.15) is 24.0 Å². The first-order valence-electron chi connectivity index (χ1n) is 8.90. The number of piperidine rings is 1. The van der Waals surface area contributed by atoms with Gasteiger partial charge in [-0.3, -0.25) is 4.90 Å². The number of allylic oxidation sites excluding steroid dienone is 2. The first-order valence-corrected chi connectivity index (χ1v) is 8.90. The Kier molecular flexibility index (Phi) is 3.29. The highest BCUT2D eigenvalue weighted by molar-refractivity contribution is 5.87. The molecule has 2 aliphatic carbocycles. The van der Waals surface area contributed by atoms with E-state index < -0.39 is 0 Å². The van der Waals surface area contributed by atoms with Gasteiger partial charge in [-0.1, -0.05) is 0 Å². The zero-order valence-electron chi connectivity index (χ0n) is 14.9. The fourth-order valence-corrected chi connectivity index (χ4v) is 4.86. The topological polar surface area (TPSA) is 40.2 Å². The Morgan fingerprint density at radius 3 is 2.68 bits per heavy atom. The molecule has 0 aromatic heterocycles. The van der Waals surface area contributed by atoms with Crippen LogP contribution in [0, 0.1) is 5.92 Å². The fourth-order valence-electron chi connectivity index (χ4n) is 4.86. The van der Waals surface area contributed by atoms with Gasteiger partial charge in [0, 0.05) is 18.0 Å². The molecule has 2 heterocycles. The molecule has 0 N–H and O–H groups in total. The van der Waals surface area contributed by atoms with E-state index in [4.69, 9.17) is 18.9 Å². The molecule has 1 aromatic carbocycles. The van der Waals surface area contributed by atoms with Crippen LogP contribution >= 0.6 is 0 Å². The third kappa shape index (κ3) is 2.05. The van der Waals surface area contributed by atoms with Gasteiger partial charge >= 0.3 is 0 Å². The van der Waals surface area contributed by atoms with E-state index in [9.17, 15) is 0 Å². The maximum absolute atomic E-state index is 5.92. The molecule has 2 aliphatic heterocycles. The highest BCUT2D eigenvalue weighted by atomic mass is 16.7. The van der Waals surface area contributed by atoms with Crippen molar-refractivity contribution in [3.63, 3.8) is 0 Å². The highest BCUT2D eigenvalue weighted by Crippen LogP contribution is 2.52. The Hall–Kier alpha value is -2.14. The molecule has 0 unspecified atom stereocenters. The van der Waals surface area contributed by atoms with E-state index in [1.54, 1.807) is 14.2 Å². The van der Waals surface area contributed by atoms with Crippen LogP contribution in [0.4, 0.5) is 0 Å². The second-order valence-electron chi connectivity index (χ2n) is 7.24. The van der Waals surface area contributed by atoms with Gasteiger partial charge in [0.15, 0.2) is 17.3 Å². The number of rotatable bonds is 2. The van der Waals surface area contributed by atoms with Crippen LogP contribution in [0.25, 0.3) is 5.57 Å². The summed E-state index contributed by atoms with van der Waals surface area (Å²) >= 11 is 0. The molecule has 4 aliphatic rings. The van der Waals surface area contributed by atoms with E-state index in [-0.39, 0.29) is 0 Å². The molecular formula is C20H23NO4. The zero-order chi connectivity index (χ0) is 17.1. The van der Waals surface area contributed by atoms with E-state index in [0.717, 1.165) is 42.4 Å². The lowest BCUT2D eigenvalue weighted by Gasteiger charge is -2.45. The first kappa shape index (κ1) is 15.1. The maximum Gasteiger partial charge on any atom is 0.230 e. The van der Waals surface area contributed by atoms with Gasteiger partial charge in [-0.25, -0.2) is 0 Å². The number of likely N-dealkylation sites (N-methyl/N-ethyl adjacent to an activating group) is 1. The van der Waals surface area contributed by atoms with Crippen LogP contribution in [0.5, 0.6) is 11.5 Å². The molecule has 1 aromatic rings. The minimum absolute atomic E-state index is 0.331. The molecule has 0 bridgehead atoms. The molecule has 1 fully saturated rings. The van der Waals surface area contributed by atoms with Crippen molar-refractivity contribution in [2.24, 2.45) is 5.92 Å². The number of methoxy groups -OCH3 is 2. The van der Waals surface area contributed by atoms with Gasteiger partial charge in [-0.15, -0.1) is 0 Å². The summed E-state index contributed by atoms with van der Waals surface area (Å²) in [5.41, 5.74) is 5.26. The first-order chi connectivity index (χ1) is 12.2. The van der Waals surface area contributed by atoms with Gasteiger partial charge < -0.3 is 18.9 Å². The van der Waals surface area contributed by atoms with Crippen LogP contribution in [-0.4, -0.2) is 45.5 Å². The summed E-state index contributed by atoms with van der Waals surface area (Å²) in [5, 5.41) is 0. The zero-order valence-corrected chi connectivity index (χ0v) is 14.9. The molecule has 0 amide bonds. The monoisotopic (exact) mass is 341 g/mol. The molecule has 2 atom stereocenters. The third-order valence-electron chi connectivity index (χ3n) is 6.09. The second kappa shape index (κ2) is 5.43. The summed E-state index contributed by atoms with van der Waals surface area (Å²) in [6.07, 6.45) is 3.15. The molecule has 0 saturated carbocycles. The number of nitrogens with zero attached hydrogens (tertiary/aromatic N) is 1. The van der Waals surface area contributed by atoms with Crippen molar-refractivity contribution in [3.05, 3.63) is 40.4 Å². The van der Waals surface area contributed by atoms with Crippen LogP contribution in [0.3, 0.4) is 0 Å². The van der Waals surface area contributed by atoms with Gasteiger partial charge in [-0.2, -0.15) is 0 Å². The summed E-state index contributed by atoms with van der Waals surface area (Å²) in [6.45, 7) is 1.45. The second-order valence-corrected chi connectivity index (χ2v) is 7.24. The van der Waals surface area contributed by atoms with Gasteiger partial charge in [-0.05, 0) is 61.2 Å². The molecular weight excluding hydrogens is 318 g/mol. The number of hydrogen-bond donors (Lipinski definition) is 0. The predicted molar refractivity (Wildman–Crippen MR) is 93.4 cm³/mol. The highest BCUT2D eigenvalue weighted by Gasteiger charge is 2.44. The molecule has 0 spiro atoms. The van der Waals surface area contributed by atoms with Crippen molar-refractivity contribution >= 4 is 5.57 Å². The minimum Gasteiger partial charge on any atom is -0.493 e. The summed E-state index contributed by atoms with van der Waals surface area (Å²) < 4.78 is 22.8. The van der Waals surface area contributed by atoms with Crippen molar-refractivity contribution in [1.82, 2.24) is 4.90 Å². The Morgan fingerprint density at radius 2 is 1.88 bits per heavy atom. The molecule has 25 heavy (non-hydrogen) atoms. The van der Waals surface area contributed by atoms with Crippen molar-refractivity contribution < 1.29 is 18.9 Å². The normalized spacial score (nSPS) is 27.2. The van der Waals surface area contributed by atoms with Crippen LogP contribution in [-0.2, 0) is 15.9 Å². The summed E-state index contributed by atoms with van der Waals surface area (Å²) in [7, 11) is 5.61. The average Bonchev–Trinajstić information content (AvgIpc) is 3.11. The van der Waals surface area contributed by atoms with E-state index >= 15 is 0 Å². The average molecular weight is 341 g/mol. The van der Waals surface area contributed by atoms with Crippen LogP contribution < -0.4 is 9.47 Å². The quantitative estimate of drug-likeness (QED) is 0.827. The minimum atomic E-state index is 0.331. The lowest BCUT2D eigenvalue weighted by molar-refractivity contribution is 0.0717. The molecule has 132 valence electrons. The Balaban J connectivity index is 1.76. The van der Waals surface area contributed by atoms with E-state index in [0.29, 0.717) is 18.8 Å². The van der Waals surface area contributed by atoms with E-state index in [2.05, 4.69) is 24.1 Å². The fraction of sp³-hybridized carbons (Fsp3) is 0.500. The van der Waals surface area contributed by atoms with Crippen molar-refractivity contribution in [2.45, 2.75) is 25.3 Å². The van der Waals surface area contributed by atoms with E-state index in [1.807, 2.05) is 0 Å². The standard InChI is InChI=1S/C20H23NO4/c1-21-5-4-11-7-17-20(25-10-24-17)19-13-9-16(23-3)15(22-2)8-12(13)6-14(21)18(11)19/h8-9,11,14H,4-7,10H2,1-3H3/t11-,14+/m1/s1. The Labute approximate surface area is 147 Å². The lowest BCUT2D eigenvalue weighted by atomic mass is 9.69. The van der Waals surface area contributed by atoms with Crippen molar-refractivity contribution in [2.75, 3.05) is 34.6 Å². The molecule has 0 radical (unpaired) electrons. The summed E-state index contributed by atoms with van der Waals surface area (Å²) in [4.78, 5) is 2.48. The van der Waals surface area contributed by atoms with Crippen LogP contribution in [0.2, 0.25) is 0 Å². The van der Waals surface area contributed by atoms with Gasteiger partial charge in [0.25, 0.3) is 0 Å². The Morgan fingerprint density at radius 1 is 1.08 bits per heavy atom. The third-order valence-corrected chi connectivity index (χ3v) is 6.09. The van der Waals surface area contributed by atoms with Gasteiger partial charge in [0.2, 0.25) is 6.79 Å².